The van der Waals surface area contributed by atoms with Gasteiger partial charge in [-0.25, -0.2) is 0 Å². The number of carbonyl (C=O) groups excluding carboxylic acids is 1. The van der Waals surface area contributed by atoms with E-state index in [1.54, 1.807) is 32.9 Å². The van der Waals surface area contributed by atoms with Gasteiger partial charge in [0, 0.05) is 11.6 Å². The van der Waals surface area contributed by atoms with E-state index in [0.717, 1.165) is 0 Å². The highest BCUT2D eigenvalue weighted by Crippen LogP contribution is 2.27. The third-order valence-electron chi connectivity index (χ3n) is 2.73. The number of nitro benzene ring substituents is 1. The minimum absolute atomic E-state index is 0.0454. The maximum Gasteiger partial charge on any atom is 0.272 e. The van der Waals surface area contributed by atoms with Crippen molar-refractivity contribution in [2.45, 2.75) is 26.2 Å². The number of benzene rings is 1. The van der Waals surface area contributed by atoms with Crippen LogP contribution in [0.15, 0.2) is 18.2 Å². The smallest absolute Gasteiger partial charge is 0.272 e. The number of aryl methyl sites for hydroxylation is 1. The highest BCUT2D eigenvalue weighted by atomic mass is 16.6. The Labute approximate surface area is 93.4 Å². The Morgan fingerprint density at radius 2 is 2.00 bits per heavy atom. The molecule has 0 aliphatic heterocycles. The third kappa shape index (κ3) is 2.03. The van der Waals surface area contributed by atoms with Crippen molar-refractivity contribution in [3.8, 4) is 0 Å². The van der Waals surface area contributed by atoms with E-state index in [0.29, 0.717) is 11.1 Å². The van der Waals surface area contributed by atoms with E-state index in [1.807, 2.05) is 0 Å². The van der Waals surface area contributed by atoms with E-state index in [2.05, 4.69) is 0 Å². The molecule has 0 saturated carbocycles. The van der Waals surface area contributed by atoms with E-state index in [-0.39, 0.29) is 5.69 Å². The molecule has 5 heteroatoms. The molecule has 0 unspecified atom stereocenters. The summed E-state index contributed by atoms with van der Waals surface area (Å²) in [5, 5.41) is 10.6. The van der Waals surface area contributed by atoms with Crippen LogP contribution in [0.2, 0.25) is 0 Å². The molecular formula is C11H14N2O3. The summed E-state index contributed by atoms with van der Waals surface area (Å²) < 4.78 is 0. The van der Waals surface area contributed by atoms with Crippen LogP contribution in [0.5, 0.6) is 0 Å². The van der Waals surface area contributed by atoms with E-state index < -0.39 is 16.2 Å². The van der Waals surface area contributed by atoms with Gasteiger partial charge in [-0.2, -0.15) is 0 Å². The van der Waals surface area contributed by atoms with E-state index >= 15 is 0 Å². The van der Waals surface area contributed by atoms with Crippen LogP contribution in [-0.2, 0) is 10.2 Å². The molecule has 0 atom stereocenters. The number of nitrogens with zero attached hydrogens (tertiary/aromatic N) is 1. The van der Waals surface area contributed by atoms with Gasteiger partial charge in [-0.1, -0.05) is 6.07 Å². The Balaban J connectivity index is 3.26. The lowest BCUT2D eigenvalue weighted by Crippen LogP contribution is -2.35. The molecule has 5 nitrogen and oxygen atoms in total. The van der Waals surface area contributed by atoms with Crippen molar-refractivity contribution >= 4 is 11.6 Å². The quantitative estimate of drug-likeness (QED) is 0.623. The maximum atomic E-state index is 11.2. The largest absolute Gasteiger partial charge is 0.369 e. The van der Waals surface area contributed by atoms with Crippen LogP contribution >= 0.6 is 0 Å². The predicted octanol–water partition coefficient (Wildman–Crippen LogP) is 1.67. The van der Waals surface area contributed by atoms with E-state index in [1.165, 1.54) is 6.07 Å². The lowest BCUT2D eigenvalue weighted by Gasteiger charge is -2.21. The molecule has 0 heterocycles. The Morgan fingerprint density at radius 3 is 2.38 bits per heavy atom. The second-order valence-corrected chi connectivity index (χ2v) is 4.25. The fourth-order valence-corrected chi connectivity index (χ4v) is 1.39. The molecule has 0 bridgehead atoms. The first kappa shape index (κ1) is 12.2. The molecule has 0 saturated heterocycles. The van der Waals surface area contributed by atoms with Gasteiger partial charge in [0.25, 0.3) is 5.69 Å². The summed E-state index contributed by atoms with van der Waals surface area (Å²) in [5.74, 6) is -0.458. The van der Waals surface area contributed by atoms with Crippen molar-refractivity contribution in [3.63, 3.8) is 0 Å². The van der Waals surface area contributed by atoms with Crippen LogP contribution in [0, 0.1) is 17.0 Å². The minimum atomic E-state index is -0.820. The first-order valence-electron chi connectivity index (χ1n) is 4.82. The predicted molar refractivity (Wildman–Crippen MR) is 60.1 cm³/mol. The summed E-state index contributed by atoms with van der Waals surface area (Å²) in [6.45, 7) is 5.02. The number of hydrogen-bond acceptors (Lipinski definition) is 3. The van der Waals surface area contributed by atoms with Gasteiger partial charge in [-0.3, -0.25) is 14.9 Å². The van der Waals surface area contributed by atoms with Crippen molar-refractivity contribution in [2.24, 2.45) is 5.73 Å². The van der Waals surface area contributed by atoms with Gasteiger partial charge < -0.3 is 5.73 Å². The number of primary amides is 1. The minimum Gasteiger partial charge on any atom is -0.369 e. The maximum absolute atomic E-state index is 11.2. The highest BCUT2D eigenvalue weighted by molar-refractivity contribution is 5.85. The van der Waals surface area contributed by atoms with Crippen LogP contribution < -0.4 is 5.73 Å². The zero-order valence-electron chi connectivity index (χ0n) is 9.48. The van der Waals surface area contributed by atoms with Crippen molar-refractivity contribution < 1.29 is 9.72 Å². The van der Waals surface area contributed by atoms with Gasteiger partial charge in [-0.15, -0.1) is 0 Å². The molecule has 1 aromatic rings. The molecular weight excluding hydrogens is 208 g/mol. The van der Waals surface area contributed by atoms with Crippen LogP contribution in [0.1, 0.15) is 25.0 Å². The Bertz CT molecular complexity index is 453. The first-order chi connectivity index (χ1) is 7.26. The molecule has 1 amide bonds. The molecule has 0 aromatic heterocycles. The summed E-state index contributed by atoms with van der Waals surface area (Å²) in [7, 11) is 0. The number of nitro groups is 1. The second kappa shape index (κ2) is 3.92. The summed E-state index contributed by atoms with van der Waals surface area (Å²) in [6.07, 6.45) is 0. The zero-order valence-corrected chi connectivity index (χ0v) is 9.48. The zero-order chi connectivity index (χ0) is 12.5. The molecule has 1 aromatic carbocycles. The fourth-order valence-electron chi connectivity index (χ4n) is 1.39. The Morgan fingerprint density at radius 1 is 1.44 bits per heavy atom. The lowest BCUT2D eigenvalue weighted by molar-refractivity contribution is -0.385. The topological polar surface area (TPSA) is 86.2 Å². The van der Waals surface area contributed by atoms with Crippen LogP contribution in [0.4, 0.5) is 5.69 Å². The van der Waals surface area contributed by atoms with Gasteiger partial charge in [0.1, 0.15) is 0 Å². The average molecular weight is 222 g/mol. The van der Waals surface area contributed by atoms with Crippen LogP contribution in [0.3, 0.4) is 0 Å². The number of hydrogen-bond donors (Lipinski definition) is 1. The average Bonchev–Trinajstić information content (AvgIpc) is 2.16. The number of rotatable bonds is 3. The Hall–Kier alpha value is -1.91. The monoisotopic (exact) mass is 222 g/mol. The lowest BCUT2D eigenvalue weighted by atomic mass is 9.83. The van der Waals surface area contributed by atoms with E-state index in [4.69, 9.17) is 5.73 Å². The number of nitrogens with two attached hydrogens (primary N) is 1. The summed E-state index contributed by atoms with van der Waals surface area (Å²) >= 11 is 0. The van der Waals surface area contributed by atoms with Gasteiger partial charge in [0.05, 0.1) is 10.3 Å². The number of amides is 1. The standard InChI is InChI=1S/C11H14N2O3/c1-7-6-8(11(2,3)10(12)14)4-5-9(7)13(15)16/h4-6H,1-3H3,(H2,12,14). The summed E-state index contributed by atoms with van der Waals surface area (Å²) in [4.78, 5) is 21.4. The fraction of sp³-hybridized carbons (Fsp3) is 0.364. The molecule has 0 radical (unpaired) electrons. The van der Waals surface area contributed by atoms with Crippen molar-refractivity contribution in [1.29, 1.82) is 0 Å². The molecule has 2 N–H and O–H groups in total. The van der Waals surface area contributed by atoms with Gasteiger partial charge in [-0.05, 0) is 32.4 Å². The second-order valence-electron chi connectivity index (χ2n) is 4.25. The molecule has 0 aliphatic rings. The first-order valence-corrected chi connectivity index (χ1v) is 4.82. The van der Waals surface area contributed by atoms with Crippen molar-refractivity contribution in [1.82, 2.24) is 0 Å². The molecule has 86 valence electrons. The van der Waals surface area contributed by atoms with E-state index in [9.17, 15) is 14.9 Å². The summed E-state index contributed by atoms with van der Waals surface area (Å²) in [6, 6.07) is 4.59. The molecule has 0 spiro atoms. The van der Waals surface area contributed by atoms with Crippen LogP contribution in [-0.4, -0.2) is 10.8 Å². The van der Waals surface area contributed by atoms with Crippen molar-refractivity contribution in [2.75, 3.05) is 0 Å². The normalized spacial score (nSPS) is 11.2. The van der Waals surface area contributed by atoms with Gasteiger partial charge in [0.15, 0.2) is 0 Å². The summed E-state index contributed by atoms with van der Waals surface area (Å²) in [5.41, 5.74) is 5.71. The highest BCUT2D eigenvalue weighted by Gasteiger charge is 2.28. The van der Waals surface area contributed by atoms with Gasteiger partial charge >= 0.3 is 0 Å². The molecule has 1 rings (SSSR count). The van der Waals surface area contributed by atoms with Crippen LogP contribution in [0.25, 0.3) is 0 Å². The molecule has 0 aliphatic carbocycles. The van der Waals surface area contributed by atoms with Crippen molar-refractivity contribution in [3.05, 3.63) is 39.4 Å². The molecule has 16 heavy (non-hydrogen) atoms. The number of carbonyl (C=O) groups is 1. The van der Waals surface area contributed by atoms with Gasteiger partial charge in [0.2, 0.25) is 5.91 Å². The molecule has 0 fully saturated rings. The SMILES string of the molecule is Cc1cc(C(C)(C)C(N)=O)ccc1[N+](=O)[O-]. The Kier molecular flexibility index (Phi) is 2.98. The third-order valence-corrected chi connectivity index (χ3v) is 2.73.